The third-order valence-electron chi connectivity index (χ3n) is 17.5. The first-order chi connectivity index (χ1) is 32.7. The average molecular weight is 959 g/mol. The number of rotatable bonds is 28. The van der Waals surface area contributed by atoms with Crippen LogP contribution < -0.4 is 0 Å². The Bertz CT molecular complexity index is 2160. The molecule has 0 spiro atoms. The van der Waals surface area contributed by atoms with Crippen molar-refractivity contribution in [3.8, 4) is 0 Å². The molecule has 5 atom stereocenters. The molecular weight excluding hydrogens is 867 g/mol. The molecule has 1 aromatic rings. The van der Waals surface area contributed by atoms with Crippen LogP contribution in [0, 0.1) is 35.0 Å². The maximum atomic E-state index is 5.52. The van der Waals surface area contributed by atoms with E-state index in [2.05, 4.69) is 134 Å². The molecule has 0 fully saturated rings. The number of thioether (sulfide) groups is 1. The maximum absolute atomic E-state index is 5.52. The van der Waals surface area contributed by atoms with Crippen LogP contribution >= 0.6 is 35.0 Å². The van der Waals surface area contributed by atoms with Crippen LogP contribution in [0.4, 0.5) is 0 Å². The van der Waals surface area contributed by atoms with E-state index < -0.39 is 0 Å². The van der Waals surface area contributed by atoms with Crippen molar-refractivity contribution in [1.29, 1.82) is 0 Å². The molecule has 1 aromatic heterocycles. The molecule has 2 bridgehead atoms. The molecule has 0 saturated heterocycles. The third-order valence-corrected chi connectivity index (χ3v) is 20.2. The summed E-state index contributed by atoms with van der Waals surface area (Å²) < 4.78 is 5.52. The fraction of sp³-hybridized carbons (Fsp3) is 0.651. The van der Waals surface area contributed by atoms with E-state index >= 15 is 0 Å². The summed E-state index contributed by atoms with van der Waals surface area (Å²) in [5.41, 5.74) is 19.9. The van der Waals surface area contributed by atoms with Crippen molar-refractivity contribution >= 4 is 51.2 Å². The van der Waals surface area contributed by atoms with Gasteiger partial charge in [-0.3, -0.25) is 0 Å². The maximum Gasteiger partial charge on any atom is 0.0713 e. The highest BCUT2D eigenvalue weighted by Crippen LogP contribution is 2.62. The van der Waals surface area contributed by atoms with E-state index in [0.29, 0.717) is 0 Å². The van der Waals surface area contributed by atoms with Gasteiger partial charge in [0.05, 0.1) is 15.5 Å². The largest absolute Gasteiger partial charge is 0.220 e. The lowest BCUT2D eigenvalue weighted by molar-refractivity contribution is 0.231. The van der Waals surface area contributed by atoms with Crippen LogP contribution in [0.5, 0.6) is 0 Å². The normalized spacial score (nSPS) is 25.4. The van der Waals surface area contributed by atoms with Gasteiger partial charge in [0, 0.05) is 38.5 Å². The molecule has 5 aliphatic carbocycles. The topological polar surface area (TPSA) is 12.4 Å². The minimum Gasteiger partial charge on any atom is -0.220 e. The van der Waals surface area contributed by atoms with Gasteiger partial charge in [0.1, 0.15) is 0 Å². The second-order valence-electron chi connectivity index (χ2n) is 21.7. The van der Waals surface area contributed by atoms with Crippen molar-refractivity contribution in [3.63, 3.8) is 0 Å². The highest BCUT2D eigenvalue weighted by molar-refractivity contribution is 8.11. The summed E-state index contributed by atoms with van der Waals surface area (Å²) in [5.74, 6) is 4.18. The fourth-order valence-corrected chi connectivity index (χ4v) is 16.2. The summed E-state index contributed by atoms with van der Waals surface area (Å²) in [6.07, 6.45) is 44.9. The molecule has 5 unspecified atom stereocenters. The minimum absolute atomic E-state index is 0.0125. The molecule has 0 radical (unpaired) electrons. The van der Waals surface area contributed by atoms with Gasteiger partial charge in [0.2, 0.25) is 0 Å². The first-order valence-corrected chi connectivity index (χ1v) is 30.8. The summed E-state index contributed by atoms with van der Waals surface area (Å²) in [7, 11) is 0. The van der Waals surface area contributed by atoms with E-state index in [1.807, 2.05) is 11.8 Å². The van der Waals surface area contributed by atoms with E-state index in [1.54, 1.807) is 45.4 Å². The second-order valence-corrected chi connectivity index (χ2v) is 24.7. The molecule has 7 rings (SSSR count). The van der Waals surface area contributed by atoms with Crippen LogP contribution in [0.15, 0.2) is 97.1 Å². The lowest BCUT2D eigenvalue weighted by Gasteiger charge is -2.43. The Morgan fingerprint density at radius 2 is 1.28 bits per heavy atom. The van der Waals surface area contributed by atoms with Crippen LogP contribution in [0.2, 0.25) is 0 Å². The number of hydrogen-bond donors (Lipinski definition) is 0. The first kappa shape index (κ1) is 52.6. The summed E-state index contributed by atoms with van der Waals surface area (Å²) >= 11 is 5.73. The molecule has 6 aliphatic rings. The monoisotopic (exact) mass is 958 g/mol. The van der Waals surface area contributed by atoms with Gasteiger partial charge >= 0.3 is 0 Å². The number of allylic oxidation sites excluding steroid dienone is 14. The predicted octanol–water partition coefficient (Wildman–Crippen LogP) is 20.9. The van der Waals surface area contributed by atoms with Gasteiger partial charge in [-0.2, -0.15) is 0 Å². The van der Waals surface area contributed by atoms with E-state index in [-0.39, 0.29) is 16.7 Å². The molecule has 4 heteroatoms. The smallest absolute Gasteiger partial charge is 0.0713 e. The first-order valence-electron chi connectivity index (χ1n) is 28.2. The Morgan fingerprint density at radius 3 is 1.84 bits per heavy atom. The predicted molar refractivity (Wildman–Crippen MR) is 303 cm³/mol. The number of unbranched alkanes of at least 4 members (excludes halogenated alkanes) is 4. The van der Waals surface area contributed by atoms with Gasteiger partial charge in [-0.05, 0) is 137 Å². The molecule has 366 valence electrons. The highest BCUT2D eigenvalue weighted by Gasteiger charge is 2.49. The average Bonchev–Trinajstić information content (AvgIpc) is 4.09. The summed E-state index contributed by atoms with van der Waals surface area (Å²) in [4.78, 5) is 4.31. The van der Waals surface area contributed by atoms with Crippen molar-refractivity contribution in [2.45, 2.75) is 222 Å². The van der Waals surface area contributed by atoms with Gasteiger partial charge in [0.25, 0.3) is 0 Å². The fourth-order valence-electron chi connectivity index (χ4n) is 13.4. The zero-order valence-corrected chi connectivity index (χ0v) is 46.6. The standard InChI is InChI=1S/C63H91NS3/c1-11-20-25-45(15-5)40-62(41-46(16-6)26-21-12-2)50-35-36-65-59(38-50)61-57(62)39-58(67-61)51-33-34-52(60(44(51)10)64-66-19-9)49-31-32-54-53-29-24-30-55(53)63(56(54)37-49,42-47(17-7)27-22-13-3)43-48(18-8)28-23-14-4/h24,30,33-37,39,44-48H,11-23,25-29,31-32,40-43H2,1-10H3/b64-60+. The Labute approximate surface area is 424 Å². The van der Waals surface area contributed by atoms with E-state index in [1.165, 1.54) is 172 Å². The highest BCUT2D eigenvalue weighted by atomic mass is 32.2. The number of thiophene rings is 1. The van der Waals surface area contributed by atoms with E-state index in [0.717, 1.165) is 42.3 Å². The Balaban J connectivity index is 1.33. The third kappa shape index (κ3) is 11.1. The summed E-state index contributed by atoms with van der Waals surface area (Å²) in [5, 5.41) is 2.39. The Hall–Kier alpha value is -2.23. The minimum atomic E-state index is 0.0125. The molecule has 0 saturated carbocycles. The zero-order valence-electron chi connectivity index (χ0n) is 44.1. The number of nitrogens with zero attached hydrogens (tertiary/aromatic N) is 1. The molecule has 0 amide bonds. The van der Waals surface area contributed by atoms with Crippen LogP contribution in [0.1, 0.15) is 232 Å². The molecule has 0 N–H and O–H groups in total. The van der Waals surface area contributed by atoms with Gasteiger partial charge < -0.3 is 0 Å². The van der Waals surface area contributed by atoms with Gasteiger partial charge in [-0.25, -0.2) is 4.40 Å². The zero-order chi connectivity index (χ0) is 47.6. The van der Waals surface area contributed by atoms with E-state index in [4.69, 9.17) is 4.40 Å². The number of fused-ring (bicyclic) bond motifs is 3. The molecule has 1 nitrogen and oxygen atoms in total. The summed E-state index contributed by atoms with van der Waals surface area (Å²) in [6, 6.07) is 2.71. The van der Waals surface area contributed by atoms with Crippen LogP contribution in [0.25, 0.3) is 10.5 Å². The molecule has 0 aromatic carbocycles. The molecule has 1 aliphatic heterocycles. The molecule has 2 heterocycles. The van der Waals surface area contributed by atoms with Gasteiger partial charge in [0.15, 0.2) is 0 Å². The van der Waals surface area contributed by atoms with Crippen molar-refractivity contribution in [2.24, 2.45) is 39.4 Å². The van der Waals surface area contributed by atoms with Crippen LogP contribution in [-0.4, -0.2) is 11.5 Å². The second kappa shape index (κ2) is 24.7. The van der Waals surface area contributed by atoms with Gasteiger partial charge in [-0.1, -0.05) is 220 Å². The molecular formula is C63H91NS3. The van der Waals surface area contributed by atoms with Crippen LogP contribution in [-0.2, 0) is 5.41 Å². The van der Waals surface area contributed by atoms with Crippen LogP contribution in [0.3, 0.4) is 0 Å². The summed E-state index contributed by atoms with van der Waals surface area (Å²) in [6.45, 7) is 24.1. The van der Waals surface area contributed by atoms with Crippen molar-refractivity contribution < 1.29 is 0 Å². The lowest BCUT2D eigenvalue weighted by atomic mass is 9.61. The quantitative estimate of drug-likeness (QED) is 0.0613. The Kier molecular flexibility index (Phi) is 19.4. The van der Waals surface area contributed by atoms with Crippen molar-refractivity contribution in [2.75, 3.05) is 5.75 Å². The SMILES string of the molecule is CCCCC(CC)CC1(CC(CC)CCCC)C2=C(CC=C2)C2=C1C=C(C1=CC=C(c3cc4c(s3)C3=C=C(C=CS3)C4(CC(CC)CCCC)CC(CC)CCCC)C(C)/C1=N\SCC)CC2. The Morgan fingerprint density at radius 1 is 0.701 bits per heavy atom. The molecule has 67 heavy (non-hydrogen) atoms. The van der Waals surface area contributed by atoms with E-state index in [9.17, 15) is 0 Å². The van der Waals surface area contributed by atoms with Crippen molar-refractivity contribution in [3.05, 3.63) is 108 Å². The van der Waals surface area contributed by atoms with Gasteiger partial charge in [-0.15, -0.1) is 11.3 Å². The lowest BCUT2D eigenvalue weighted by Crippen LogP contribution is -2.35. The number of hydrogen-bond acceptors (Lipinski definition) is 4. The van der Waals surface area contributed by atoms with Crippen molar-refractivity contribution in [1.82, 2.24) is 0 Å².